The SMILES string of the molecule is CCNC(=O)[C@@H](Cc1ccccc1)N(Cc1cccc(C)c1)C(=O)CN(c1ccc(OCC)cc1)S(=O)(=O)c1ccc(OC)c(OC)c1. The number of hydrogen-bond acceptors (Lipinski definition) is 7. The first-order valence-electron chi connectivity index (χ1n) is 15.8. The Labute approximate surface area is 283 Å². The van der Waals surface area contributed by atoms with E-state index < -0.39 is 28.5 Å². The van der Waals surface area contributed by atoms with E-state index in [4.69, 9.17) is 14.2 Å². The first-order valence-corrected chi connectivity index (χ1v) is 17.2. The summed E-state index contributed by atoms with van der Waals surface area (Å²) < 4.78 is 46.2. The third-order valence-electron chi connectivity index (χ3n) is 7.72. The average Bonchev–Trinajstić information content (AvgIpc) is 3.09. The molecule has 0 fully saturated rings. The maximum atomic E-state index is 14.6. The zero-order valence-electron chi connectivity index (χ0n) is 28.0. The first-order chi connectivity index (χ1) is 23.1. The number of rotatable bonds is 16. The number of nitrogens with one attached hydrogen (secondary N) is 1. The van der Waals surface area contributed by atoms with Crippen molar-refractivity contribution in [1.29, 1.82) is 0 Å². The number of ether oxygens (including phenoxy) is 3. The molecule has 0 aromatic heterocycles. The number of hydrogen-bond donors (Lipinski definition) is 1. The Morgan fingerprint density at radius 1 is 0.812 bits per heavy atom. The summed E-state index contributed by atoms with van der Waals surface area (Å²) in [6, 6.07) is 26.9. The summed E-state index contributed by atoms with van der Waals surface area (Å²) in [5.74, 6) is 0.238. The maximum Gasteiger partial charge on any atom is 0.264 e. The molecule has 4 rings (SSSR count). The Kier molecular flexibility index (Phi) is 12.5. The summed E-state index contributed by atoms with van der Waals surface area (Å²) in [6.07, 6.45) is 0.232. The fraction of sp³-hybridized carbons (Fsp3) is 0.297. The average molecular weight is 674 g/mol. The minimum Gasteiger partial charge on any atom is -0.494 e. The molecular formula is C37H43N3O7S. The quantitative estimate of drug-likeness (QED) is 0.170. The topological polar surface area (TPSA) is 114 Å². The van der Waals surface area contributed by atoms with Gasteiger partial charge in [-0.15, -0.1) is 0 Å². The van der Waals surface area contributed by atoms with Crippen molar-refractivity contribution >= 4 is 27.5 Å². The highest BCUT2D eigenvalue weighted by Gasteiger charge is 2.35. The van der Waals surface area contributed by atoms with Gasteiger partial charge in [-0.1, -0.05) is 60.2 Å². The number of benzene rings is 4. The van der Waals surface area contributed by atoms with E-state index in [-0.39, 0.29) is 35.2 Å². The molecule has 11 heteroatoms. The molecule has 1 atom stereocenters. The fourth-order valence-electron chi connectivity index (χ4n) is 5.36. The van der Waals surface area contributed by atoms with Gasteiger partial charge in [-0.25, -0.2) is 8.42 Å². The Hall–Kier alpha value is -5.03. The van der Waals surface area contributed by atoms with Gasteiger partial charge in [0.2, 0.25) is 11.8 Å². The van der Waals surface area contributed by atoms with Gasteiger partial charge in [0.15, 0.2) is 11.5 Å². The van der Waals surface area contributed by atoms with Gasteiger partial charge in [-0.2, -0.15) is 0 Å². The van der Waals surface area contributed by atoms with Crippen LogP contribution in [0.2, 0.25) is 0 Å². The normalized spacial score (nSPS) is 11.7. The lowest BCUT2D eigenvalue weighted by molar-refractivity contribution is -0.140. The van der Waals surface area contributed by atoms with E-state index in [1.807, 2.05) is 75.4 Å². The monoisotopic (exact) mass is 673 g/mol. The van der Waals surface area contributed by atoms with Crippen molar-refractivity contribution in [3.63, 3.8) is 0 Å². The van der Waals surface area contributed by atoms with Crippen LogP contribution in [-0.4, -0.2) is 65.1 Å². The van der Waals surface area contributed by atoms with E-state index >= 15 is 0 Å². The Balaban J connectivity index is 1.82. The summed E-state index contributed by atoms with van der Waals surface area (Å²) in [7, 11) is -1.48. The molecule has 0 aliphatic rings. The highest BCUT2D eigenvalue weighted by Crippen LogP contribution is 2.33. The van der Waals surface area contributed by atoms with Crippen LogP contribution in [0.25, 0.3) is 0 Å². The minimum atomic E-state index is -4.35. The molecule has 48 heavy (non-hydrogen) atoms. The van der Waals surface area contributed by atoms with Crippen molar-refractivity contribution in [2.75, 3.05) is 38.2 Å². The lowest BCUT2D eigenvalue weighted by Crippen LogP contribution is -2.53. The second kappa shape index (κ2) is 16.7. The molecule has 1 N–H and O–H groups in total. The molecule has 0 spiro atoms. The van der Waals surface area contributed by atoms with Gasteiger partial charge >= 0.3 is 0 Å². The number of methoxy groups -OCH3 is 2. The molecule has 4 aromatic rings. The van der Waals surface area contributed by atoms with Gasteiger partial charge in [-0.05, 0) is 68.3 Å². The van der Waals surface area contributed by atoms with E-state index in [9.17, 15) is 18.0 Å². The smallest absolute Gasteiger partial charge is 0.264 e. The van der Waals surface area contributed by atoms with Gasteiger partial charge in [0, 0.05) is 25.6 Å². The second-order valence-electron chi connectivity index (χ2n) is 11.1. The highest BCUT2D eigenvalue weighted by atomic mass is 32.2. The predicted molar refractivity (Wildman–Crippen MR) is 186 cm³/mol. The first kappa shape index (κ1) is 35.8. The second-order valence-corrected chi connectivity index (χ2v) is 12.9. The molecule has 0 saturated carbocycles. The van der Waals surface area contributed by atoms with Gasteiger partial charge in [-0.3, -0.25) is 13.9 Å². The van der Waals surface area contributed by atoms with Crippen molar-refractivity contribution in [1.82, 2.24) is 10.2 Å². The highest BCUT2D eigenvalue weighted by molar-refractivity contribution is 7.92. The van der Waals surface area contributed by atoms with Gasteiger partial charge in [0.1, 0.15) is 18.3 Å². The summed E-state index contributed by atoms with van der Waals surface area (Å²) in [6.45, 7) is 5.91. The standard InChI is InChI=1S/C37H43N3O7S/c1-6-38-37(42)33(23-28-13-9-8-10-14-28)39(25-29-15-11-12-27(3)22-29)36(41)26-40(30-16-18-31(19-17-30)47-7-2)48(43,44)32-20-21-34(45-4)35(24-32)46-5/h8-22,24,33H,6-7,23,25-26H2,1-5H3,(H,38,42)/t33-/m1/s1. The Morgan fingerprint density at radius 3 is 2.12 bits per heavy atom. The van der Waals surface area contributed by atoms with Crippen molar-refractivity contribution in [3.05, 3.63) is 114 Å². The summed E-state index contributed by atoms with van der Waals surface area (Å²) >= 11 is 0. The van der Waals surface area contributed by atoms with E-state index in [0.29, 0.717) is 24.7 Å². The molecule has 254 valence electrons. The summed E-state index contributed by atoms with van der Waals surface area (Å²) in [5, 5.41) is 2.88. The van der Waals surface area contributed by atoms with Crippen LogP contribution < -0.4 is 23.8 Å². The van der Waals surface area contributed by atoms with Crippen LogP contribution in [0.5, 0.6) is 17.2 Å². The molecule has 0 unspecified atom stereocenters. The van der Waals surface area contributed by atoms with Gasteiger partial charge in [0.05, 0.1) is 31.4 Å². The van der Waals surface area contributed by atoms with E-state index in [1.165, 1.54) is 37.3 Å². The Morgan fingerprint density at radius 2 is 1.50 bits per heavy atom. The number of anilines is 1. The summed E-state index contributed by atoms with van der Waals surface area (Å²) in [5.41, 5.74) is 2.90. The number of carbonyl (C=O) groups is 2. The molecule has 0 aliphatic carbocycles. The van der Waals surface area contributed by atoms with Crippen LogP contribution in [0.3, 0.4) is 0 Å². The van der Waals surface area contributed by atoms with E-state index in [2.05, 4.69) is 5.32 Å². The summed E-state index contributed by atoms with van der Waals surface area (Å²) in [4.78, 5) is 29.6. The largest absolute Gasteiger partial charge is 0.494 e. The van der Waals surface area contributed by atoms with Crippen LogP contribution >= 0.6 is 0 Å². The number of nitrogens with zero attached hydrogens (tertiary/aromatic N) is 2. The molecule has 2 amide bonds. The van der Waals surface area contributed by atoms with Crippen molar-refractivity contribution in [2.24, 2.45) is 0 Å². The van der Waals surface area contributed by atoms with E-state index in [1.54, 1.807) is 24.3 Å². The van der Waals surface area contributed by atoms with Crippen molar-refractivity contribution < 1.29 is 32.2 Å². The van der Waals surface area contributed by atoms with Gasteiger partial charge < -0.3 is 24.4 Å². The molecule has 0 radical (unpaired) electrons. The van der Waals surface area contributed by atoms with Gasteiger partial charge in [0.25, 0.3) is 10.0 Å². The predicted octanol–water partition coefficient (Wildman–Crippen LogP) is 5.38. The number of amides is 2. The van der Waals surface area contributed by atoms with Crippen LogP contribution in [0.15, 0.2) is 102 Å². The third-order valence-corrected chi connectivity index (χ3v) is 9.48. The third kappa shape index (κ3) is 8.86. The van der Waals surface area contributed by atoms with E-state index in [0.717, 1.165) is 21.0 Å². The van der Waals surface area contributed by atoms with Crippen LogP contribution in [-0.2, 0) is 32.6 Å². The zero-order chi connectivity index (χ0) is 34.7. The molecule has 0 heterocycles. The number of carbonyl (C=O) groups excluding carboxylic acids is 2. The molecule has 0 saturated heterocycles. The molecule has 0 bridgehead atoms. The lowest BCUT2D eigenvalue weighted by Gasteiger charge is -2.34. The maximum absolute atomic E-state index is 14.6. The Bertz CT molecular complexity index is 1780. The minimum absolute atomic E-state index is 0.0860. The van der Waals surface area contributed by atoms with Crippen molar-refractivity contribution in [2.45, 2.75) is 44.7 Å². The van der Waals surface area contributed by atoms with Crippen LogP contribution in [0.1, 0.15) is 30.5 Å². The zero-order valence-corrected chi connectivity index (χ0v) is 28.8. The van der Waals surface area contributed by atoms with Crippen LogP contribution in [0, 0.1) is 6.92 Å². The molecule has 10 nitrogen and oxygen atoms in total. The number of likely N-dealkylation sites (N-methyl/N-ethyl adjacent to an activating group) is 1. The fourth-order valence-corrected chi connectivity index (χ4v) is 6.79. The van der Waals surface area contributed by atoms with Crippen LogP contribution in [0.4, 0.5) is 5.69 Å². The molecule has 0 aliphatic heterocycles. The number of sulfonamides is 1. The lowest BCUT2D eigenvalue weighted by atomic mass is 10.0. The molecule has 4 aromatic carbocycles. The number of aryl methyl sites for hydroxylation is 1. The van der Waals surface area contributed by atoms with Crippen molar-refractivity contribution in [3.8, 4) is 17.2 Å². The molecular weight excluding hydrogens is 630 g/mol.